The van der Waals surface area contributed by atoms with Crippen molar-refractivity contribution in [1.82, 2.24) is 15.0 Å². The van der Waals surface area contributed by atoms with Crippen molar-refractivity contribution in [3.63, 3.8) is 0 Å². The summed E-state index contributed by atoms with van der Waals surface area (Å²) >= 11 is 5.89. The highest BCUT2D eigenvalue weighted by atomic mass is 35.5. The number of aromatic nitrogens is 3. The molecule has 0 aliphatic carbocycles. The van der Waals surface area contributed by atoms with E-state index in [0.717, 1.165) is 32.0 Å². The summed E-state index contributed by atoms with van der Waals surface area (Å²) in [5.41, 5.74) is -0.434. The molecule has 1 aliphatic heterocycles. The van der Waals surface area contributed by atoms with Crippen LogP contribution in [0.5, 0.6) is 0 Å². The predicted molar refractivity (Wildman–Crippen MR) is 91.2 cm³/mol. The third-order valence-corrected chi connectivity index (χ3v) is 4.19. The third-order valence-electron chi connectivity index (χ3n) is 3.90. The van der Waals surface area contributed by atoms with Gasteiger partial charge in [0.25, 0.3) is 0 Å². The molecule has 134 valence electrons. The molecule has 0 unspecified atom stereocenters. The van der Waals surface area contributed by atoms with Gasteiger partial charge in [-0.25, -0.2) is 9.97 Å². The summed E-state index contributed by atoms with van der Waals surface area (Å²) in [4.78, 5) is 14.3. The van der Waals surface area contributed by atoms with Gasteiger partial charge in [-0.15, -0.1) is 0 Å². The Bertz CT molecular complexity index is 865. The number of rotatable bonds is 3. The largest absolute Gasteiger partial charge is 0.417 e. The highest BCUT2D eigenvalue weighted by Crippen LogP contribution is 2.33. The molecule has 1 aliphatic rings. The van der Waals surface area contributed by atoms with Crippen molar-refractivity contribution < 1.29 is 13.2 Å². The van der Waals surface area contributed by atoms with Crippen LogP contribution in [0.1, 0.15) is 29.7 Å². The smallest absolute Gasteiger partial charge is 0.341 e. The molecule has 0 radical (unpaired) electrons. The van der Waals surface area contributed by atoms with Gasteiger partial charge in [0.15, 0.2) is 0 Å². The van der Waals surface area contributed by atoms with E-state index < -0.39 is 11.7 Å². The standard InChI is InChI=1S/C17H13ClF3N5/c18-14-6-13(17(19,20)21)10-23-15(14)12(7-22)5-11-8-24-16(25-9-11)26-3-1-2-4-26/h5-6,8-10H,1-4H2/b12-5+. The Labute approximate surface area is 152 Å². The second kappa shape index (κ2) is 7.30. The van der Waals surface area contributed by atoms with Crippen molar-refractivity contribution in [3.05, 3.63) is 46.5 Å². The lowest BCUT2D eigenvalue weighted by molar-refractivity contribution is -0.137. The molecule has 1 fully saturated rings. The predicted octanol–water partition coefficient (Wildman–Crippen LogP) is 4.21. The van der Waals surface area contributed by atoms with Crippen molar-refractivity contribution in [2.75, 3.05) is 18.0 Å². The van der Waals surface area contributed by atoms with Gasteiger partial charge < -0.3 is 4.90 Å². The Morgan fingerprint density at radius 3 is 2.35 bits per heavy atom. The van der Waals surface area contributed by atoms with Crippen LogP contribution in [0.15, 0.2) is 24.7 Å². The minimum Gasteiger partial charge on any atom is -0.341 e. The van der Waals surface area contributed by atoms with Crippen LogP contribution >= 0.6 is 11.6 Å². The number of pyridine rings is 1. The van der Waals surface area contributed by atoms with E-state index >= 15 is 0 Å². The second-order valence-electron chi connectivity index (χ2n) is 5.73. The number of allylic oxidation sites excluding steroid dienone is 1. The summed E-state index contributed by atoms with van der Waals surface area (Å²) in [7, 11) is 0. The first-order valence-corrected chi connectivity index (χ1v) is 8.18. The molecule has 0 saturated carbocycles. The van der Waals surface area contributed by atoms with Gasteiger partial charge in [-0.1, -0.05) is 11.6 Å². The van der Waals surface area contributed by atoms with E-state index in [-0.39, 0.29) is 16.3 Å². The molecular weight excluding hydrogens is 367 g/mol. The summed E-state index contributed by atoms with van der Waals surface area (Å²) in [6.07, 6.45) is 2.84. The molecule has 5 nitrogen and oxygen atoms in total. The van der Waals surface area contributed by atoms with Crippen LogP contribution in [-0.2, 0) is 6.18 Å². The maximum absolute atomic E-state index is 12.7. The number of hydrogen-bond donors (Lipinski definition) is 0. The summed E-state index contributed by atoms with van der Waals surface area (Å²) in [5.74, 6) is 0.615. The fraction of sp³-hybridized carbons (Fsp3) is 0.294. The first kappa shape index (κ1) is 18.1. The fourth-order valence-corrected chi connectivity index (χ4v) is 2.87. The van der Waals surface area contributed by atoms with E-state index in [9.17, 15) is 18.4 Å². The number of nitrogens with zero attached hydrogens (tertiary/aromatic N) is 5. The zero-order valence-corrected chi connectivity index (χ0v) is 14.2. The lowest BCUT2D eigenvalue weighted by Crippen LogP contribution is -2.20. The summed E-state index contributed by atoms with van der Waals surface area (Å²) in [5, 5.41) is 9.09. The van der Waals surface area contributed by atoms with Gasteiger partial charge in [0.2, 0.25) is 5.95 Å². The topological polar surface area (TPSA) is 65.7 Å². The highest BCUT2D eigenvalue weighted by Gasteiger charge is 2.31. The van der Waals surface area contributed by atoms with Crippen LogP contribution in [0.2, 0.25) is 5.02 Å². The normalized spacial score (nSPS) is 15.2. The Hall–Kier alpha value is -2.66. The lowest BCUT2D eigenvalue weighted by Gasteiger charge is -2.14. The molecule has 0 spiro atoms. The van der Waals surface area contributed by atoms with Crippen LogP contribution in [0.3, 0.4) is 0 Å². The molecule has 3 heterocycles. The quantitative estimate of drug-likeness (QED) is 0.747. The molecule has 0 aromatic carbocycles. The first-order valence-electron chi connectivity index (χ1n) is 7.80. The summed E-state index contributed by atoms with van der Waals surface area (Å²) < 4.78 is 38.1. The lowest BCUT2D eigenvalue weighted by atomic mass is 10.1. The SMILES string of the molecule is N#C/C(=C\c1cnc(N2CCCC2)nc1)c1ncc(C(F)(F)F)cc1Cl. The van der Waals surface area contributed by atoms with Gasteiger partial charge in [-0.3, -0.25) is 4.98 Å². The van der Waals surface area contributed by atoms with Gasteiger partial charge in [-0.05, 0) is 25.0 Å². The van der Waals surface area contributed by atoms with Gasteiger partial charge in [0, 0.05) is 37.2 Å². The van der Waals surface area contributed by atoms with Gasteiger partial charge >= 0.3 is 6.18 Å². The first-order chi connectivity index (χ1) is 12.4. The Balaban J connectivity index is 1.87. The number of halogens is 4. The molecule has 2 aromatic heterocycles. The van der Waals surface area contributed by atoms with Crippen molar-refractivity contribution >= 4 is 29.2 Å². The zero-order chi connectivity index (χ0) is 18.7. The van der Waals surface area contributed by atoms with Crippen LogP contribution in [0.25, 0.3) is 11.6 Å². The molecule has 26 heavy (non-hydrogen) atoms. The van der Waals surface area contributed by atoms with Crippen LogP contribution in [-0.4, -0.2) is 28.0 Å². The molecule has 0 N–H and O–H groups in total. The number of alkyl halides is 3. The zero-order valence-electron chi connectivity index (χ0n) is 13.5. The minimum atomic E-state index is -4.55. The average molecular weight is 380 g/mol. The maximum Gasteiger partial charge on any atom is 0.417 e. The van der Waals surface area contributed by atoms with E-state index in [1.54, 1.807) is 12.4 Å². The third kappa shape index (κ3) is 3.94. The van der Waals surface area contributed by atoms with E-state index in [4.69, 9.17) is 11.6 Å². The van der Waals surface area contributed by atoms with Gasteiger partial charge in [0.1, 0.15) is 6.07 Å². The van der Waals surface area contributed by atoms with E-state index in [2.05, 4.69) is 19.9 Å². The molecule has 0 bridgehead atoms. The van der Waals surface area contributed by atoms with Gasteiger partial charge in [-0.2, -0.15) is 18.4 Å². The molecular formula is C17H13ClF3N5. The Morgan fingerprint density at radius 2 is 1.81 bits per heavy atom. The van der Waals surface area contributed by atoms with Gasteiger partial charge in [0.05, 0.1) is 21.9 Å². The van der Waals surface area contributed by atoms with E-state index in [1.807, 2.05) is 6.07 Å². The van der Waals surface area contributed by atoms with Crippen LogP contribution in [0.4, 0.5) is 19.1 Å². The van der Waals surface area contributed by atoms with Crippen molar-refractivity contribution in [2.45, 2.75) is 19.0 Å². The maximum atomic E-state index is 12.7. The van der Waals surface area contributed by atoms with Crippen molar-refractivity contribution in [3.8, 4) is 6.07 Å². The van der Waals surface area contributed by atoms with E-state index in [1.165, 1.54) is 6.08 Å². The minimum absolute atomic E-state index is 0.0224. The Morgan fingerprint density at radius 1 is 1.15 bits per heavy atom. The highest BCUT2D eigenvalue weighted by molar-refractivity contribution is 6.32. The molecule has 1 saturated heterocycles. The molecule has 0 amide bonds. The molecule has 9 heteroatoms. The Kier molecular flexibility index (Phi) is 5.09. The molecule has 0 atom stereocenters. The second-order valence-corrected chi connectivity index (χ2v) is 6.14. The number of hydrogen-bond acceptors (Lipinski definition) is 5. The average Bonchev–Trinajstić information content (AvgIpc) is 3.14. The van der Waals surface area contributed by atoms with Crippen LogP contribution < -0.4 is 4.90 Å². The number of nitriles is 1. The molecule has 2 aromatic rings. The summed E-state index contributed by atoms with van der Waals surface area (Å²) in [6, 6.07) is 2.65. The van der Waals surface area contributed by atoms with Crippen molar-refractivity contribution in [2.24, 2.45) is 0 Å². The van der Waals surface area contributed by atoms with Crippen molar-refractivity contribution in [1.29, 1.82) is 5.26 Å². The number of anilines is 1. The fourth-order valence-electron chi connectivity index (χ4n) is 2.60. The van der Waals surface area contributed by atoms with Crippen LogP contribution in [0, 0.1) is 11.3 Å². The molecule has 3 rings (SSSR count). The monoisotopic (exact) mass is 379 g/mol. The summed E-state index contributed by atoms with van der Waals surface area (Å²) in [6.45, 7) is 1.81. The van der Waals surface area contributed by atoms with E-state index in [0.29, 0.717) is 17.7 Å².